The van der Waals surface area contributed by atoms with E-state index in [1.807, 2.05) is 0 Å². The molecule has 1 saturated heterocycles. The molecule has 9 heteroatoms. The lowest BCUT2D eigenvalue weighted by Crippen LogP contribution is -3.00. The van der Waals surface area contributed by atoms with Gasteiger partial charge in [0.1, 0.15) is 0 Å². The van der Waals surface area contributed by atoms with Crippen molar-refractivity contribution in [1.29, 1.82) is 0 Å². The van der Waals surface area contributed by atoms with Crippen LogP contribution in [0.4, 0.5) is 0 Å². The van der Waals surface area contributed by atoms with Crippen LogP contribution in [0.3, 0.4) is 0 Å². The van der Waals surface area contributed by atoms with Crippen molar-refractivity contribution in [2.24, 2.45) is 0 Å². The van der Waals surface area contributed by atoms with Gasteiger partial charge in [-0.3, -0.25) is 0 Å². The van der Waals surface area contributed by atoms with Crippen LogP contribution in [0.15, 0.2) is 0 Å². The zero-order valence-corrected chi connectivity index (χ0v) is 24.5. The molecule has 0 radical (unpaired) electrons. The number of nitrogens with zero attached hydrogens (tertiary/aromatic N) is 1. The Kier molecular flexibility index (Phi) is 10.7. The van der Waals surface area contributed by atoms with E-state index in [1.165, 1.54) is 43.4 Å². The zero-order chi connectivity index (χ0) is 20.3. The van der Waals surface area contributed by atoms with E-state index in [-0.39, 0.29) is 12.4 Å². The molecule has 0 aromatic carbocycles. The Morgan fingerprint density at radius 2 is 1.04 bits per heavy atom. The van der Waals surface area contributed by atoms with Gasteiger partial charge >= 0.3 is 8.80 Å². The molecule has 1 heterocycles. The summed E-state index contributed by atoms with van der Waals surface area (Å²) in [6.45, 7) is 24.3. The van der Waals surface area contributed by atoms with Crippen LogP contribution in [0.5, 0.6) is 0 Å². The summed E-state index contributed by atoms with van der Waals surface area (Å²) in [5, 5.41) is 0. The van der Waals surface area contributed by atoms with Crippen LogP contribution in [0, 0.1) is 0 Å². The Morgan fingerprint density at radius 1 is 0.667 bits per heavy atom. The third kappa shape index (κ3) is 12.3. The quantitative estimate of drug-likeness (QED) is 0.362. The van der Waals surface area contributed by atoms with E-state index in [0.29, 0.717) is 0 Å². The molecule has 1 rings (SSSR count). The Labute approximate surface area is 180 Å². The second-order valence-corrected chi connectivity index (χ2v) is 28.3. The van der Waals surface area contributed by atoms with Gasteiger partial charge in [-0.25, -0.2) is 0 Å². The van der Waals surface area contributed by atoms with Crippen molar-refractivity contribution in [3.05, 3.63) is 0 Å². The van der Waals surface area contributed by atoms with Gasteiger partial charge in [-0.1, -0.05) is 0 Å². The molecule has 0 aromatic rings. The number of hydrogen-bond acceptors (Lipinski definition) is 3. The van der Waals surface area contributed by atoms with Gasteiger partial charge in [0.2, 0.25) is 0 Å². The topological polar surface area (TPSA) is 27.7 Å². The largest absolute Gasteiger partial charge is 1.00 e. The Morgan fingerprint density at radius 3 is 1.37 bits per heavy atom. The third-order valence-electron chi connectivity index (χ3n) is 4.46. The normalized spacial score (nSPS) is 18.9. The van der Waals surface area contributed by atoms with Crippen molar-refractivity contribution in [3.8, 4) is 0 Å². The highest BCUT2D eigenvalue weighted by atomic mass is 35.5. The highest BCUT2D eigenvalue weighted by Crippen LogP contribution is 2.30. The average molecular weight is 472 g/mol. The predicted octanol–water partition coefficient (Wildman–Crippen LogP) is 2.50. The number of likely N-dealkylation sites (tertiary alicyclic amines) is 1. The van der Waals surface area contributed by atoms with Crippen molar-refractivity contribution < 1.29 is 29.2 Å². The van der Waals surface area contributed by atoms with Gasteiger partial charge in [-0.05, 0) is 78.2 Å². The summed E-state index contributed by atoms with van der Waals surface area (Å²) >= 11 is 0. The van der Waals surface area contributed by atoms with E-state index in [1.54, 1.807) is 0 Å². The maximum atomic E-state index is 6.80. The summed E-state index contributed by atoms with van der Waals surface area (Å²) in [5.74, 6) is 0. The minimum Gasteiger partial charge on any atom is -1.00 e. The van der Waals surface area contributed by atoms with Gasteiger partial charge < -0.3 is 29.2 Å². The maximum absolute atomic E-state index is 6.80. The number of quaternary nitrogens is 1. The molecule has 0 amide bonds. The van der Waals surface area contributed by atoms with Gasteiger partial charge in [-0.2, -0.15) is 0 Å². The molecule has 1 fully saturated rings. The Hall–Kier alpha value is 0.998. The first-order valence-electron chi connectivity index (χ1n) is 10.5. The number of piperidine rings is 1. The zero-order valence-electron chi connectivity index (χ0n) is 19.7. The van der Waals surface area contributed by atoms with Crippen LogP contribution < -0.4 is 12.4 Å². The fraction of sp³-hybridized carbons (Fsp3) is 1.00. The first-order valence-corrected chi connectivity index (χ1v) is 22.6. The summed E-state index contributed by atoms with van der Waals surface area (Å²) in [7, 11) is -5.46. The molecule has 0 saturated carbocycles. The van der Waals surface area contributed by atoms with E-state index in [2.05, 4.69) is 66.0 Å². The minimum absolute atomic E-state index is 0. The highest BCUT2D eigenvalue weighted by Gasteiger charge is 2.49. The molecule has 0 unspecified atom stereocenters. The molecule has 0 aromatic heterocycles. The molecular formula is C18H46ClNO3Si4. The van der Waals surface area contributed by atoms with Gasteiger partial charge in [-0.15, -0.1) is 0 Å². The number of hydrogen-bond donors (Lipinski definition) is 0. The SMILES string of the molecule is C[N+]1(CCC[Si](O[Si](C)(C)C)(O[Si](C)(C)C)O[Si](C)(C)C)CCCCC1.[Cl-]. The molecular weight excluding hydrogens is 426 g/mol. The Bertz CT molecular complexity index is 401. The summed E-state index contributed by atoms with van der Waals surface area (Å²) < 4.78 is 21.6. The molecule has 0 spiro atoms. The van der Waals surface area contributed by atoms with Gasteiger partial charge in [0.05, 0.1) is 26.7 Å². The van der Waals surface area contributed by atoms with Gasteiger partial charge in [0.15, 0.2) is 25.0 Å². The summed E-state index contributed by atoms with van der Waals surface area (Å²) in [4.78, 5) is 0. The monoisotopic (exact) mass is 471 g/mol. The summed E-state index contributed by atoms with van der Waals surface area (Å²) in [6, 6.07) is 0.986. The first kappa shape index (κ1) is 28.0. The molecule has 164 valence electrons. The van der Waals surface area contributed by atoms with Crippen molar-refractivity contribution in [2.75, 3.05) is 26.7 Å². The maximum Gasteiger partial charge on any atom is 0.469 e. The van der Waals surface area contributed by atoms with Crippen molar-refractivity contribution in [1.82, 2.24) is 0 Å². The highest BCUT2D eigenvalue weighted by molar-refractivity contribution is 6.90. The molecule has 27 heavy (non-hydrogen) atoms. The average Bonchev–Trinajstić information content (AvgIpc) is 2.32. The van der Waals surface area contributed by atoms with Crippen LogP contribution in [-0.4, -0.2) is 64.9 Å². The minimum atomic E-state index is -2.64. The van der Waals surface area contributed by atoms with Crippen LogP contribution >= 0.6 is 0 Å². The second-order valence-electron chi connectivity index (χ2n) is 11.3. The lowest BCUT2D eigenvalue weighted by atomic mass is 10.1. The van der Waals surface area contributed by atoms with E-state index >= 15 is 0 Å². The summed E-state index contributed by atoms with van der Waals surface area (Å²) in [6.07, 6.45) is 5.31. The first-order chi connectivity index (χ1) is 11.5. The van der Waals surface area contributed by atoms with Crippen LogP contribution in [0.1, 0.15) is 25.7 Å². The van der Waals surface area contributed by atoms with Crippen LogP contribution in [0.2, 0.25) is 65.0 Å². The molecule has 0 N–H and O–H groups in total. The standard InChI is InChI=1S/C18H46NO3Si4.ClH/c1-19(15-12-11-13-16-19)17-14-18-26(20-23(2,3)4,21-24(5,6)7)22-25(8,9)10;/h11-18H2,1-10H3;1H/q+1;/p-1. The molecule has 0 aliphatic carbocycles. The smallest absolute Gasteiger partial charge is 0.469 e. The lowest BCUT2D eigenvalue weighted by Gasteiger charge is -2.43. The van der Waals surface area contributed by atoms with E-state index < -0.39 is 33.8 Å². The van der Waals surface area contributed by atoms with E-state index in [9.17, 15) is 0 Å². The fourth-order valence-electron chi connectivity index (χ4n) is 3.79. The molecule has 1 aliphatic rings. The molecule has 0 atom stereocenters. The van der Waals surface area contributed by atoms with Crippen molar-refractivity contribution in [3.63, 3.8) is 0 Å². The number of rotatable bonds is 10. The number of halogens is 1. The lowest BCUT2D eigenvalue weighted by molar-refractivity contribution is -0.914. The van der Waals surface area contributed by atoms with Crippen molar-refractivity contribution >= 4 is 33.8 Å². The van der Waals surface area contributed by atoms with E-state index in [0.717, 1.165) is 12.5 Å². The van der Waals surface area contributed by atoms with Crippen LogP contribution in [-0.2, 0) is 12.3 Å². The molecule has 0 bridgehead atoms. The molecule has 1 aliphatic heterocycles. The van der Waals surface area contributed by atoms with E-state index in [4.69, 9.17) is 12.3 Å². The van der Waals surface area contributed by atoms with Crippen molar-refractivity contribution in [2.45, 2.75) is 90.7 Å². The Balaban J connectivity index is 0.00000676. The molecule has 4 nitrogen and oxygen atoms in total. The fourth-order valence-corrected chi connectivity index (χ4v) is 18.4. The predicted molar refractivity (Wildman–Crippen MR) is 123 cm³/mol. The third-order valence-corrected chi connectivity index (χ3v) is 16.5. The second kappa shape index (κ2) is 10.3. The summed E-state index contributed by atoms with van der Waals surface area (Å²) in [5.41, 5.74) is 0. The van der Waals surface area contributed by atoms with Gasteiger partial charge in [0.25, 0.3) is 0 Å². The van der Waals surface area contributed by atoms with Crippen LogP contribution in [0.25, 0.3) is 0 Å². The van der Waals surface area contributed by atoms with Gasteiger partial charge in [0, 0.05) is 12.5 Å².